The monoisotopic (exact) mass is 154 g/mol. The predicted octanol–water partition coefficient (Wildman–Crippen LogP) is 4.02. The lowest BCUT2D eigenvalue weighted by molar-refractivity contribution is 0.269. The maximum absolute atomic E-state index is 4.03. The molecule has 0 bridgehead atoms. The van der Waals surface area contributed by atoms with Crippen molar-refractivity contribution in [3.63, 3.8) is 0 Å². The van der Waals surface area contributed by atoms with Crippen LogP contribution in [0.2, 0.25) is 0 Å². The van der Waals surface area contributed by atoms with Crippen molar-refractivity contribution in [1.29, 1.82) is 0 Å². The van der Waals surface area contributed by atoms with Gasteiger partial charge >= 0.3 is 0 Å². The van der Waals surface area contributed by atoms with E-state index >= 15 is 0 Å². The van der Waals surface area contributed by atoms with Crippen LogP contribution >= 0.6 is 0 Å². The van der Waals surface area contributed by atoms with Gasteiger partial charge < -0.3 is 0 Å². The van der Waals surface area contributed by atoms with Gasteiger partial charge in [-0.3, -0.25) is 0 Å². The molecule has 0 nitrogen and oxygen atoms in total. The summed E-state index contributed by atoms with van der Waals surface area (Å²) >= 11 is 0. The van der Waals surface area contributed by atoms with Crippen LogP contribution in [0.25, 0.3) is 0 Å². The lowest BCUT2D eigenvalue weighted by Crippen LogP contribution is -2.22. The van der Waals surface area contributed by atoms with Gasteiger partial charge in [0.1, 0.15) is 0 Å². The van der Waals surface area contributed by atoms with Crippen LogP contribution in [0.1, 0.15) is 47.5 Å². The summed E-state index contributed by atoms with van der Waals surface area (Å²) in [5.41, 5.74) is 1.62. The molecular weight excluding hydrogens is 132 g/mol. The average molecular weight is 154 g/mol. The van der Waals surface area contributed by atoms with Crippen LogP contribution in [0.3, 0.4) is 0 Å². The minimum absolute atomic E-state index is 0.315. The van der Waals surface area contributed by atoms with Crippen molar-refractivity contribution in [2.45, 2.75) is 47.5 Å². The summed E-state index contributed by atoms with van der Waals surface area (Å²) < 4.78 is 0. The van der Waals surface area contributed by atoms with Crippen LogP contribution in [-0.2, 0) is 0 Å². The van der Waals surface area contributed by atoms with E-state index in [4.69, 9.17) is 0 Å². The van der Waals surface area contributed by atoms with Crippen molar-refractivity contribution in [2.24, 2.45) is 11.3 Å². The Balaban J connectivity index is 4.17. The standard InChI is InChI=1S/C11H22/c1-7-8-10(4)11(5,6)9(2)3/h10H,2,7-8H2,1,3-6H3. The van der Waals surface area contributed by atoms with Crippen LogP contribution in [0.15, 0.2) is 12.2 Å². The second-order valence-corrected chi connectivity index (χ2v) is 4.19. The van der Waals surface area contributed by atoms with Gasteiger partial charge in [0.2, 0.25) is 0 Å². The zero-order chi connectivity index (χ0) is 9.07. The van der Waals surface area contributed by atoms with E-state index in [1.165, 1.54) is 18.4 Å². The van der Waals surface area contributed by atoms with E-state index < -0.39 is 0 Å². The molecule has 0 spiro atoms. The molecule has 0 N–H and O–H groups in total. The van der Waals surface area contributed by atoms with E-state index in [0.717, 1.165) is 5.92 Å². The zero-order valence-electron chi connectivity index (χ0n) is 8.70. The highest BCUT2D eigenvalue weighted by Gasteiger charge is 2.25. The van der Waals surface area contributed by atoms with Crippen LogP contribution in [0.5, 0.6) is 0 Å². The van der Waals surface area contributed by atoms with Crippen LogP contribution in [-0.4, -0.2) is 0 Å². The summed E-state index contributed by atoms with van der Waals surface area (Å²) in [5.74, 6) is 0.755. The third-order valence-electron chi connectivity index (χ3n) is 3.05. The first-order valence-electron chi connectivity index (χ1n) is 4.58. The number of hydrogen-bond acceptors (Lipinski definition) is 0. The van der Waals surface area contributed by atoms with Gasteiger partial charge in [0.05, 0.1) is 0 Å². The normalized spacial score (nSPS) is 14.6. The van der Waals surface area contributed by atoms with Gasteiger partial charge in [-0.05, 0) is 18.3 Å². The van der Waals surface area contributed by atoms with Gasteiger partial charge in [-0.15, -0.1) is 0 Å². The topological polar surface area (TPSA) is 0 Å². The molecule has 0 rings (SSSR count). The van der Waals surface area contributed by atoms with Crippen molar-refractivity contribution in [2.75, 3.05) is 0 Å². The van der Waals surface area contributed by atoms with Crippen molar-refractivity contribution in [3.8, 4) is 0 Å². The minimum Gasteiger partial charge on any atom is -0.0996 e. The van der Waals surface area contributed by atoms with E-state index in [9.17, 15) is 0 Å². The quantitative estimate of drug-likeness (QED) is 0.536. The molecule has 66 valence electrons. The molecule has 0 heteroatoms. The summed E-state index contributed by atoms with van der Waals surface area (Å²) in [5, 5.41) is 0. The summed E-state index contributed by atoms with van der Waals surface area (Å²) in [6, 6.07) is 0. The van der Waals surface area contributed by atoms with E-state index in [1.807, 2.05) is 0 Å². The fraction of sp³-hybridized carbons (Fsp3) is 0.818. The SMILES string of the molecule is C=C(C)C(C)(C)C(C)CCC. The highest BCUT2D eigenvalue weighted by molar-refractivity contribution is 5.04. The molecule has 0 saturated carbocycles. The maximum atomic E-state index is 4.03. The summed E-state index contributed by atoms with van der Waals surface area (Å²) in [4.78, 5) is 0. The predicted molar refractivity (Wildman–Crippen MR) is 52.7 cm³/mol. The third-order valence-corrected chi connectivity index (χ3v) is 3.05. The molecule has 0 fully saturated rings. The lowest BCUT2D eigenvalue weighted by atomic mass is 9.73. The number of hydrogen-bond donors (Lipinski definition) is 0. The molecule has 0 amide bonds. The second kappa shape index (κ2) is 3.94. The van der Waals surface area contributed by atoms with Crippen molar-refractivity contribution >= 4 is 0 Å². The van der Waals surface area contributed by atoms with E-state index in [1.54, 1.807) is 0 Å². The average Bonchev–Trinajstić information content (AvgIpc) is 1.88. The maximum Gasteiger partial charge on any atom is -0.0125 e. The van der Waals surface area contributed by atoms with Crippen molar-refractivity contribution in [3.05, 3.63) is 12.2 Å². The molecule has 1 unspecified atom stereocenters. The van der Waals surface area contributed by atoms with Gasteiger partial charge in [-0.2, -0.15) is 0 Å². The Morgan fingerprint density at radius 3 is 2.18 bits per heavy atom. The van der Waals surface area contributed by atoms with Crippen molar-refractivity contribution in [1.82, 2.24) is 0 Å². The Morgan fingerprint density at radius 1 is 1.45 bits per heavy atom. The Morgan fingerprint density at radius 2 is 1.91 bits per heavy atom. The van der Waals surface area contributed by atoms with E-state index in [0.29, 0.717) is 5.41 Å². The number of rotatable bonds is 4. The largest absolute Gasteiger partial charge is 0.0996 e. The highest BCUT2D eigenvalue weighted by Crippen LogP contribution is 2.35. The second-order valence-electron chi connectivity index (χ2n) is 4.19. The molecule has 0 aromatic carbocycles. The third kappa shape index (κ3) is 2.69. The Hall–Kier alpha value is -0.260. The molecule has 1 atom stereocenters. The van der Waals surface area contributed by atoms with Gasteiger partial charge in [-0.25, -0.2) is 0 Å². The molecule has 11 heavy (non-hydrogen) atoms. The molecule has 0 aliphatic carbocycles. The molecule has 0 heterocycles. The van der Waals surface area contributed by atoms with Gasteiger partial charge in [-0.1, -0.05) is 52.7 Å². The molecule has 0 aliphatic heterocycles. The van der Waals surface area contributed by atoms with E-state index in [2.05, 4.69) is 41.2 Å². The van der Waals surface area contributed by atoms with Gasteiger partial charge in [0.15, 0.2) is 0 Å². The van der Waals surface area contributed by atoms with Gasteiger partial charge in [0, 0.05) is 0 Å². The Bertz CT molecular complexity index is 131. The van der Waals surface area contributed by atoms with Crippen LogP contribution in [0, 0.1) is 11.3 Å². The summed E-state index contributed by atoms with van der Waals surface area (Å²) in [6.07, 6.45) is 2.58. The fourth-order valence-corrected chi connectivity index (χ4v) is 1.21. The lowest BCUT2D eigenvalue weighted by Gasteiger charge is -2.32. The first kappa shape index (κ1) is 10.7. The fourth-order valence-electron chi connectivity index (χ4n) is 1.21. The van der Waals surface area contributed by atoms with Crippen LogP contribution in [0.4, 0.5) is 0 Å². The molecule has 0 aliphatic rings. The summed E-state index contributed by atoms with van der Waals surface area (Å²) in [6.45, 7) is 15.3. The molecule has 0 aromatic rings. The first-order valence-corrected chi connectivity index (χ1v) is 4.58. The van der Waals surface area contributed by atoms with Crippen molar-refractivity contribution < 1.29 is 0 Å². The zero-order valence-corrected chi connectivity index (χ0v) is 8.70. The molecule has 0 aromatic heterocycles. The van der Waals surface area contributed by atoms with Crippen LogP contribution < -0.4 is 0 Å². The first-order chi connectivity index (χ1) is 4.92. The number of allylic oxidation sites excluding steroid dienone is 1. The molecule has 0 saturated heterocycles. The Kier molecular flexibility index (Phi) is 3.85. The highest BCUT2D eigenvalue weighted by atomic mass is 14.3. The van der Waals surface area contributed by atoms with E-state index in [-0.39, 0.29) is 0 Å². The smallest absolute Gasteiger partial charge is 0.0125 e. The van der Waals surface area contributed by atoms with Gasteiger partial charge in [0.25, 0.3) is 0 Å². The minimum atomic E-state index is 0.315. The Labute approximate surface area is 71.7 Å². The molecular formula is C11H22. The summed E-state index contributed by atoms with van der Waals surface area (Å²) in [7, 11) is 0. The molecule has 0 radical (unpaired) electrons.